The van der Waals surface area contributed by atoms with Crippen molar-refractivity contribution in [3.8, 4) is 0 Å². The Morgan fingerprint density at radius 1 is 1.37 bits per heavy atom. The molecule has 0 radical (unpaired) electrons. The van der Waals surface area contributed by atoms with Crippen LogP contribution in [-0.2, 0) is 4.79 Å². The molecule has 3 heteroatoms. The van der Waals surface area contributed by atoms with Gasteiger partial charge in [-0.2, -0.15) is 0 Å². The summed E-state index contributed by atoms with van der Waals surface area (Å²) in [5.41, 5.74) is 0.347. The van der Waals surface area contributed by atoms with E-state index in [1.165, 1.54) is 19.3 Å². The van der Waals surface area contributed by atoms with Crippen molar-refractivity contribution in [2.45, 2.75) is 78.9 Å². The van der Waals surface area contributed by atoms with Crippen molar-refractivity contribution in [1.82, 2.24) is 5.32 Å². The van der Waals surface area contributed by atoms with E-state index in [0.29, 0.717) is 11.3 Å². The standard InChI is InChI=1S/C16H31NO2/c1-6-16(4,5)12-8-7-9-13(10-12)17-15(19)14(18)11(2)3/h11-14,18H,6-10H2,1-5H3,(H,17,19)/t12-,13-,14+/m1/s1. The SMILES string of the molecule is CCC(C)(C)[C@@H]1CCC[C@@H](NC(=O)[C@@H](O)C(C)C)C1. The van der Waals surface area contributed by atoms with E-state index in [9.17, 15) is 9.90 Å². The van der Waals surface area contributed by atoms with Gasteiger partial charge in [-0.15, -0.1) is 0 Å². The van der Waals surface area contributed by atoms with Crippen LogP contribution >= 0.6 is 0 Å². The molecule has 0 unspecified atom stereocenters. The number of carbonyl (C=O) groups excluding carboxylic acids is 1. The molecule has 0 aromatic heterocycles. The van der Waals surface area contributed by atoms with Gasteiger partial charge in [-0.05, 0) is 36.5 Å². The highest BCUT2D eigenvalue weighted by Gasteiger charge is 2.33. The first-order chi connectivity index (χ1) is 8.77. The minimum absolute atomic E-state index is 0.0218. The third-order valence-electron chi connectivity index (χ3n) is 4.94. The number of nitrogens with one attached hydrogen (secondary N) is 1. The maximum Gasteiger partial charge on any atom is 0.249 e. The molecule has 19 heavy (non-hydrogen) atoms. The summed E-state index contributed by atoms with van der Waals surface area (Å²) >= 11 is 0. The Morgan fingerprint density at radius 2 is 2.00 bits per heavy atom. The van der Waals surface area contributed by atoms with Gasteiger partial charge in [0.25, 0.3) is 0 Å². The number of carbonyl (C=O) groups is 1. The zero-order valence-corrected chi connectivity index (χ0v) is 13.2. The molecule has 3 atom stereocenters. The maximum absolute atomic E-state index is 11.9. The minimum Gasteiger partial charge on any atom is -0.383 e. The van der Waals surface area contributed by atoms with Crippen LogP contribution in [-0.4, -0.2) is 23.2 Å². The van der Waals surface area contributed by atoms with Crippen LogP contribution < -0.4 is 5.32 Å². The van der Waals surface area contributed by atoms with Crippen LogP contribution in [0.3, 0.4) is 0 Å². The lowest BCUT2D eigenvalue weighted by atomic mass is 9.68. The molecule has 1 aliphatic rings. The van der Waals surface area contributed by atoms with Crippen LogP contribution in [0.2, 0.25) is 0 Å². The van der Waals surface area contributed by atoms with Gasteiger partial charge in [0.15, 0.2) is 0 Å². The molecule has 0 spiro atoms. The van der Waals surface area contributed by atoms with E-state index >= 15 is 0 Å². The van der Waals surface area contributed by atoms with E-state index in [2.05, 4.69) is 26.1 Å². The third-order valence-corrected chi connectivity index (χ3v) is 4.94. The van der Waals surface area contributed by atoms with Gasteiger partial charge in [-0.1, -0.05) is 47.5 Å². The summed E-state index contributed by atoms with van der Waals surface area (Å²) in [6.07, 6.45) is 4.84. The second-order valence-corrected chi connectivity index (χ2v) is 7.10. The van der Waals surface area contributed by atoms with Crippen molar-refractivity contribution in [2.75, 3.05) is 0 Å². The average molecular weight is 269 g/mol. The second-order valence-electron chi connectivity index (χ2n) is 7.10. The molecule has 2 N–H and O–H groups in total. The number of aliphatic hydroxyl groups is 1. The summed E-state index contributed by atoms with van der Waals surface area (Å²) in [7, 11) is 0. The molecule has 0 aromatic rings. The Bertz CT molecular complexity index is 299. The van der Waals surface area contributed by atoms with Crippen LogP contribution in [0.1, 0.15) is 66.7 Å². The number of hydrogen-bond donors (Lipinski definition) is 2. The molecule has 1 saturated carbocycles. The Labute approximate surface area is 118 Å². The lowest BCUT2D eigenvalue weighted by Gasteiger charge is -2.40. The van der Waals surface area contributed by atoms with E-state index in [4.69, 9.17) is 0 Å². The molecule has 1 rings (SSSR count). The van der Waals surface area contributed by atoms with E-state index in [0.717, 1.165) is 12.8 Å². The fourth-order valence-corrected chi connectivity index (χ4v) is 2.91. The molecule has 3 nitrogen and oxygen atoms in total. The molecule has 0 aromatic carbocycles. The molecule has 1 fully saturated rings. The first-order valence-electron chi connectivity index (χ1n) is 7.76. The lowest BCUT2D eigenvalue weighted by Crippen LogP contribution is -2.46. The van der Waals surface area contributed by atoms with Crippen molar-refractivity contribution in [3.63, 3.8) is 0 Å². The third kappa shape index (κ3) is 4.48. The molecule has 0 aliphatic heterocycles. The van der Waals surface area contributed by atoms with Crippen molar-refractivity contribution in [2.24, 2.45) is 17.3 Å². The summed E-state index contributed by atoms with van der Waals surface area (Å²) < 4.78 is 0. The van der Waals surface area contributed by atoms with Gasteiger partial charge in [0.2, 0.25) is 5.91 Å². The van der Waals surface area contributed by atoms with Crippen LogP contribution in [0.4, 0.5) is 0 Å². The quantitative estimate of drug-likeness (QED) is 0.805. The largest absolute Gasteiger partial charge is 0.383 e. The van der Waals surface area contributed by atoms with Gasteiger partial charge < -0.3 is 10.4 Å². The number of aliphatic hydroxyl groups excluding tert-OH is 1. The first kappa shape index (κ1) is 16.5. The Balaban J connectivity index is 2.54. The van der Waals surface area contributed by atoms with Crippen molar-refractivity contribution in [1.29, 1.82) is 0 Å². The van der Waals surface area contributed by atoms with Crippen molar-refractivity contribution in [3.05, 3.63) is 0 Å². The van der Waals surface area contributed by atoms with E-state index in [-0.39, 0.29) is 17.9 Å². The smallest absolute Gasteiger partial charge is 0.249 e. The molecule has 0 saturated heterocycles. The van der Waals surface area contributed by atoms with Crippen LogP contribution in [0.5, 0.6) is 0 Å². The summed E-state index contributed by atoms with van der Waals surface area (Å²) in [4.78, 5) is 11.9. The van der Waals surface area contributed by atoms with E-state index in [1.54, 1.807) is 0 Å². The molecule has 0 bridgehead atoms. The zero-order valence-electron chi connectivity index (χ0n) is 13.2. The highest BCUT2D eigenvalue weighted by Crippen LogP contribution is 2.40. The Kier molecular flexibility index (Phi) is 5.84. The van der Waals surface area contributed by atoms with Crippen LogP contribution in [0.25, 0.3) is 0 Å². The van der Waals surface area contributed by atoms with E-state index < -0.39 is 6.10 Å². The summed E-state index contributed by atoms with van der Waals surface area (Å²) in [6.45, 7) is 10.6. The molecular weight excluding hydrogens is 238 g/mol. The summed E-state index contributed by atoms with van der Waals surface area (Å²) in [5, 5.41) is 12.8. The predicted octanol–water partition coefficient (Wildman–Crippen LogP) is 3.11. The normalized spacial score (nSPS) is 26.3. The minimum atomic E-state index is -0.875. The van der Waals surface area contributed by atoms with Crippen LogP contribution in [0, 0.1) is 17.3 Å². The van der Waals surface area contributed by atoms with Gasteiger partial charge in [0.05, 0.1) is 0 Å². The van der Waals surface area contributed by atoms with Crippen LogP contribution in [0.15, 0.2) is 0 Å². The average Bonchev–Trinajstić information content (AvgIpc) is 2.37. The number of hydrogen-bond acceptors (Lipinski definition) is 2. The number of amides is 1. The molecular formula is C16H31NO2. The Morgan fingerprint density at radius 3 is 2.53 bits per heavy atom. The van der Waals surface area contributed by atoms with E-state index in [1.807, 2.05) is 13.8 Å². The summed E-state index contributed by atoms with van der Waals surface area (Å²) in [6, 6.07) is 0.241. The lowest BCUT2D eigenvalue weighted by molar-refractivity contribution is -0.132. The van der Waals surface area contributed by atoms with Crippen molar-refractivity contribution < 1.29 is 9.90 Å². The summed E-state index contributed by atoms with van der Waals surface area (Å²) in [5.74, 6) is 0.453. The van der Waals surface area contributed by atoms with Gasteiger partial charge >= 0.3 is 0 Å². The highest BCUT2D eigenvalue weighted by atomic mass is 16.3. The molecule has 1 amide bonds. The monoisotopic (exact) mass is 269 g/mol. The molecule has 0 heterocycles. The predicted molar refractivity (Wildman–Crippen MR) is 78.8 cm³/mol. The molecule has 112 valence electrons. The maximum atomic E-state index is 11.9. The van der Waals surface area contributed by atoms with Crippen molar-refractivity contribution >= 4 is 5.91 Å². The fourth-order valence-electron chi connectivity index (χ4n) is 2.91. The van der Waals surface area contributed by atoms with Gasteiger partial charge in [0, 0.05) is 6.04 Å². The second kappa shape index (κ2) is 6.74. The van der Waals surface area contributed by atoms with Gasteiger partial charge in [-0.3, -0.25) is 4.79 Å². The topological polar surface area (TPSA) is 49.3 Å². The van der Waals surface area contributed by atoms with Gasteiger partial charge in [-0.25, -0.2) is 0 Å². The number of rotatable bonds is 5. The van der Waals surface area contributed by atoms with Gasteiger partial charge in [0.1, 0.15) is 6.10 Å². The zero-order chi connectivity index (χ0) is 14.6. The molecule has 1 aliphatic carbocycles. The Hall–Kier alpha value is -0.570. The fraction of sp³-hybridized carbons (Fsp3) is 0.938. The highest BCUT2D eigenvalue weighted by molar-refractivity contribution is 5.81. The first-order valence-corrected chi connectivity index (χ1v) is 7.76.